The average molecular weight is 476 g/mol. The van der Waals surface area contributed by atoms with Crippen LogP contribution in [-0.4, -0.2) is 43.0 Å². The molecule has 0 atom stereocenters. The summed E-state index contributed by atoms with van der Waals surface area (Å²) in [5.41, 5.74) is 2.59. The fraction of sp³-hybridized carbons (Fsp3) is 0.158. The predicted molar refractivity (Wildman–Crippen MR) is 120 cm³/mol. The Morgan fingerprint density at radius 2 is 1.17 bits per heavy atom. The molecule has 2 rings (SSSR count). The zero-order chi connectivity index (χ0) is 20.4. The van der Waals surface area contributed by atoms with Gasteiger partial charge in [-0.15, -0.1) is 10.2 Å². The topological polar surface area (TPSA) is 82.7 Å². The van der Waals surface area contributed by atoms with E-state index in [1.807, 2.05) is 54.6 Å². The minimum absolute atomic E-state index is 0. The van der Waals surface area contributed by atoms with E-state index < -0.39 is 0 Å². The molecule has 0 saturated heterocycles. The number of hydrogen-bond donors (Lipinski definition) is 2. The maximum Gasteiger partial charge on any atom is 2.00 e. The molecule has 0 aliphatic rings. The van der Waals surface area contributed by atoms with E-state index in [0.29, 0.717) is 11.4 Å². The van der Waals surface area contributed by atoms with Crippen LogP contribution in [0.4, 0.5) is 0 Å². The van der Waals surface area contributed by atoms with Crippen LogP contribution in [0.25, 0.3) is 0 Å². The number of methoxy groups -OCH3 is 1. The molecular weight excluding hydrogens is 456 g/mol. The number of hydrogen-bond acceptors (Lipinski definition) is 7. The van der Waals surface area contributed by atoms with Gasteiger partial charge in [-0.3, -0.25) is 0 Å². The number of amidine groups is 2. The van der Waals surface area contributed by atoms with Gasteiger partial charge in [-0.05, 0) is 34.6 Å². The molecule has 2 aromatic carbocycles. The Balaban J connectivity index is 0.00000420. The molecule has 7 nitrogen and oxygen atoms in total. The van der Waals surface area contributed by atoms with Crippen molar-refractivity contribution < 1.29 is 21.8 Å². The molecule has 2 N–H and O–H groups in total. The molecule has 155 valence electrons. The Kier molecular flexibility index (Phi) is 10.9. The maximum absolute atomic E-state index is 5.23. The number of rotatable bonds is 6. The van der Waals surface area contributed by atoms with Crippen molar-refractivity contribution in [1.82, 2.24) is 10.6 Å². The van der Waals surface area contributed by atoms with Crippen LogP contribution in [0.1, 0.15) is 11.1 Å². The zero-order valence-electron chi connectivity index (χ0n) is 16.0. The van der Waals surface area contributed by atoms with Crippen molar-refractivity contribution in [3.63, 3.8) is 0 Å². The fourth-order valence-corrected chi connectivity index (χ4v) is 2.20. The second kappa shape index (κ2) is 12.8. The van der Waals surface area contributed by atoms with E-state index in [2.05, 4.69) is 31.0 Å². The van der Waals surface area contributed by atoms with E-state index >= 15 is 0 Å². The van der Waals surface area contributed by atoms with Gasteiger partial charge in [0.1, 0.15) is 17.2 Å². The molecule has 0 spiro atoms. The van der Waals surface area contributed by atoms with Gasteiger partial charge >= 0.3 is 17.1 Å². The molecule has 0 fully saturated rings. The number of nitrogens with one attached hydrogen (secondary N) is 2. The molecule has 0 unspecified atom stereocenters. The van der Waals surface area contributed by atoms with Crippen LogP contribution in [0.5, 0.6) is 5.75 Å². The monoisotopic (exact) mass is 475 g/mol. The summed E-state index contributed by atoms with van der Waals surface area (Å²) in [5, 5.41) is 22.9. The van der Waals surface area contributed by atoms with Crippen LogP contribution >= 0.6 is 0 Å². The first-order valence-electron chi connectivity index (χ1n) is 8.30. The van der Waals surface area contributed by atoms with Crippen molar-refractivity contribution in [3.8, 4) is 5.75 Å². The van der Waals surface area contributed by atoms with Gasteiger partial charge in [0.15, 0.2) is 0 Å². The van der Waals surface area contributed by atoms with Crippen molar-refractivity contribution in [3.05, 3.63) is 65.7 Å². The largest absolute Gasteiger partial charge is 2.00 e. The molecule has 0 aliphatic carbocycles. The fourth-order valence-electron chi connectivity index (χ4n) is 2.12. The summed E-state index contributed by atoms with van der Waals surface area (Å²) in [6.45, 7) is 0. The van der Waals surface area contributed by atoms with E-state index in [1.54, 1.807) is 21.2 Å². The zero-order valence-corrected chi connectivity index (χ0v) is 18.6. The predicted octanol–water partition coefficient (Wildman–Crippen LogP) is 2.05. The van der Waals surface area contributed by atoms with E-state index in [0.717, 1.165) is 16.9 Å². The van der Waals surface area contributed by atoms with Crippen molar-refractivity contribution >= 4 is 47.0 Å². The second-order valence-corrected chi connectivity index (χ2v) is 6.08. The Labute approximate surface area is 192 Å². The van der Waals surface area contributed by atoms with E-state index in [9.17, 15) is 0 Å². The second-order valence-electron chi connectivity index (χ2n) is 5.30. The quantitative estimate of drug-likeness (QED) is 0.220. The van der Waals surface area contributed by atoms with Gasteiger partial charge in [0.05, 0.1) is 7.11 Å². The summed E-state index contributed by atoms with van der Waals surface area (Å²) < 4.78 is 5.23. The van der Waals surface area contributed by atoms with Gasteiger partial charge in [-0.25, -0.2) is 0 Å². The average Bonchev–Trinajstić information content (AvgIpc) is 2.76. The first-order valence-corrected chi connectivity index (χ1v) is 9.11. The molecule has 29 heavy (non-hydrogen) atoms. The number of benzene rings is 2. The maximum atomic E-state index is 5.23. The molecule has 2 aromatic rings. The summed E-state index contributed by atoms with van der Waals surface area (Å²) in [6.07, 6.45) is 0. The van der Waals surface area contributed by atoms with Gasteiger partial charge < -0.3 is 40.6 Å². The van der Waals surface area contributed by atoms with Gasteiger partial charge in [0.2, 0.25) is 0 Å². The standard InChI is InChI=1S/C19H22N6OS2.Cu/c1-20-18(27)24-22-16(13-7-5-4-6-8-13)17(23-25-19(28)21-2)14-9-11-15(26-3)12-10-14;/h4-12H,1-3H3,(H2,20,24,27)(H2,21,25,28);/q;+2/p-2/b22-16+,23-17+;. The van der Waals surface area contributed by atoms with Crippen LogP contribution in [-0.2, 0) is 42.3 Å². The molecule has 0 aliphatic heterocycles. The van der Waals surface area contributed by atoms with Gasteiger partial charge in [0.25, 0.3) is 0 Å². The van der Waals surface area contributed by atoms with Crippen LogP contribution in [0.3, 0.4) is 0 Å². The van der Waals surface area contributed by atoms with Crippen LogP contribution < -0.4 is 15.4 Å². The van der Waals surface area contributed by atoms with Gasteiger partial charge in [-0.1, -0.05) is 30.3 Å². The third-order valence-corrected chi connectivity index (χ3v) is 4.12. The van der Waals surface area contributed by atoms with Crippen molar-refractivity contribution in [1.29, 1.82) is 0 Å². The SMILES string of the molecule is CN/C([S-])=N/N=C(/C(=N/N=C(\[S-])NC)c1ccc(OC)cc1)c1ccccc1.[Cu+2]. The summed E-state index contributed by atoms with van der Waals surface area (Å²) in [5.74, 6) is 0.727. The molecule has 0 heterocycles. The Bertz CT molecular complexity index is 899. The third kappa shape index (κ3) is 7.43. The first kappa shape index (κ1) is 24.5. The normalized spacial score (nSPS) is 12.8. The summed E-state index contributed by atoms with van der Waals surface area (Å²) in [7, 11) is 4.98. The minimum atomic E-state index is 0. The summed E-state index contributed by atoms with van der Waals surface area (Å²) in [6, 6.07) is 16.9. The molecule has 0 saturated carbocycles. The minimum Gasteiger partial charge on any atom is -0.741 e. The van der Waals surface area contributed by atoms with Crippen molar-refractivity contribution in [2.75, 3.05) is 21.2 Å². The number of ether oxygens (including phenoxy) is 1. The Morgan fingerprint density at radius 3 is 1.59 bits per heavy atom. The molecule has 1 radical (unpaired) electrons. The van der Waals surface area contributed by atoms with E-state index in [1.165, 1.54) is 0 Å². The molecule has 0 bridgehead atoms. The Hall–Kier alpha value is -2.52. The van der Waals surface area contributed by atoms with Crippen LogP contribution in [0, 0.1) is 0 Å². The first-order chi connectivity index (χ1) is 13.6. The van der Waals surface area contributed by atoms with Gasteiger partial charge in [-0.2, -0.15) is 10.2 Å². The summed E-state index contributed by atoms with van der Waals surface area (Å²) in [4.78, 5) is 0. The smallest absolute Gasteiger partial charge is 0.741 e. The molecule has 0 amide bonds. The van der Waals surface area contributed by atoms with Crippen LogP contribution in [0.2, 0.25) is 0 Å². The van der Waals surface area contributed by atoms with E-state index in [4.69, 9.17) is 30.0 Å². The summed E-state index contributed by atoms with van der Waals surface area (Å²) >= 11 is 10.2. The molecule has 10 heteroatoms. The third-order valence-electron chi connectivity index (χ3n) is 3.54. The van der Waals surface area contributed by atoms with Gasteiger partial charge in [0, 0.05) is 25.2 Å². The van der Waals surface area contributed by atoms with Crippen molar-refractivity contribution in [2.24, 2.45) is 20.4 Å². The van der Waals surface area contributed by atoms with E-state index in [-0.39, 0.29) is 27.4 Å². The molecule has 0 aromatic heterocycles. The van der Waals surface area contributed by atoms with Crippen LogP contribution in [0.15, 0.2) is 75.0 Å². The number of nitrogens with zero attached hydrogens (tertiary/aromatic N) is 4. The Morgan fingerprint density at radius 1 is 0.724 bits per heavy atom. The molecular formula is C19H20CuN6OS2. The van der Waals surface area contributed by atoms with Crippen molar-refractivity contribution in [2.45, 2.75) is 0 Å².